The van der Waals surface area contributed by atoms with E-state index in [1.54, 1.807) is 12.1 Å². The van der Waals surface area contributed by atoms with Gasteiger partial charge in [0, 0.05) is 51.3 Å². The number of nitrogens with zero attached hydrogens (tertiary/aromatic N) is 2. The first-order valence-electron chi connectivity index (χ1n) is 10.4. The second-order valence-electron chi connectivity index (χ2n) is 9.11. The number of Topliss-reactive ketones (excluding diaryl/α,β-unsaturated/α-hetero) is 1. The Morgan fingerprint density at radius 1 is 1.16 bits per heavy atom. The van der Waals surface area contributed by atoms with Crippen LogP contribution in [0.5, 0.6) is 0 Å². The number of nitrogens with one attached hydrogen (secondary N) is 2. The number of fused-ring (bicyclic) bond motifs is 1. The molecule has 0 saturated heterocycles. The average Bonchev–Trinajstić information content (AvgIpc) is 3.15. The van der Waals surface area contributed by atoms with Gasteiger partial charge >= 0.3 is 0 Å². The third kappa shape index (κ3) is 3.44. The molecular weight excluding hydrogens is 472 g/mol. The van der Waals surface area contributed by atoms with Gasteiger partial charge in [-0.1, -0.05) is 41.9 Å². The lowest BCUT2D eigenvalue weighted by molar-refractivity contribution is -0.384. The van der Waals surface area contributed by atoms with Crippen LogP contribution in [0, 0.1) is 15.5 Å². The molecule has 162 valence electrons. The molecule has 1 unspecified atom stereocenters. The molecule has 32 heavy (non-hydrogen) atoms. The van der Waals surface area contributed by atoms with Crippen LogP contribution in [0.15, 0.2) is 64.3 Å². The number of allylic oxidation sites excluding steroid dienone is 2. The predicted octanol–water partition coefficient (Wildman–Crippen LogP) is 5.95. The average molecular weight is 493 g/mol. The summed E-state index contributed by atoms with van der Waals surface area (Å²) < 4.78 is 0.932. The number of anilines is 1. The summed E-state index contributed by atoms with van der Waals surface area (Å²) in [6, 6.07) is 14.3. The summed E-state index contributed by atoms with van der Waals surface area (Å²) in [5, 5.41) is 22.1. The van der Waals surface area contributed by atoms with E-state index in [9.17, 15) is 14.9 Å². The van der Waals surface area contributed by atoms with Crippen molar-refractivity contribution in [3.8, 4) is 11.3 Å². The molecule has 1 aliphatic carbocycles. The maximum atomic E-state index is 13.4. The molecule has 2 aromatic carbocycles. The van der Waals surface area contributed by atoms with E-state index in [1.807, 2.05) is 24.3 Å². The summed E-state index contributed by atoms with van der Waals surface area (Å²) >= 11 is 3.56. The highest BCUT2D eigenvalue weighted by Crippen LogP contribution is 2.51. The van der Waals surface area contributed by atoms with Gasteiger partial charge in [-0.3, -0.25) is 20.0 Å². The maximum Gasteiger partial charge on any atom is 0.269 e. The van der Waals surface area contributed by atoms with Crippen LogP contribution < -0.4 is 5.32 Å². The number of aromatic nitrogens is 2. The van der Waals surface area contributed by atoms with E-state index in [1.165, 1.54) is 12.1 Å². The number of nitro groups is 1. The largest absolute Gasteiger partial charge is 0.342 e. The predicted molar refractivity (Wildman–Crippen MR) is 125 cm³/mol. The number of rotatable bonds is 3. The number of ketones is 1. The van der Waals surface area contributed by atoms with Crippen LogP contribution >= 0.6 is 15.9 Å². The first-order valence-corrected chi connectivity index (χ1v) is 11.1. The molecule has 1 aromatic heterocycles. The molecule has 7 nitrogen and oxygen atoms in total. The third-order valence-corrected chi connectivity index (χ3v) is 6.61. The fourth-order valence-corrected chi connectivity index (χ4v) is 5.20. The summed E-state index contributed by atoms with van der Waals surface area (Å²) in [7, 11) is 0. The zero-order valence-corrected chi connectivity index (χ0v) is 19.2. The van der Waals surface area contributed by atoms with Crippen molar-refractivity contribution in [2.45, 2.75) is 32.6 Å². The lowest BCUT2D eigenvalue weighted by Crippen LogP contribution is -2.33. The van der Waals surface area contributed by atoms with E-state index in [0.717, 1.165) is 44.5 Å². The molecule has 0 radical (unpaired) electrons. The molecule has 0 fully saturated rings. The number of hydrogen-bond donors (Lipinski definition) is 2. The van der Waals surface area contributed by atoms with Crippen molar-refractivity contribution < 1.29 is 9.72 Å². The van der Waals surface area contributed by atoms with Gasteiger partial charge in [-0.15, -0.1) is 0 Å². The van der Waals surface area contributed by atoms with Crippen LogP contribution in [0.25, 0.3) is 11.3 Å². The molecule has 0 amide bonds. The highest BCUT2D eigenvalue weighted by atomic mass is 79.9. The van der Waals surface area contributed by atoms with Gasteiger partial charge in [-0.05, 0) is 41.7 Å². The Morgan fingerprint density at radius 2 is 1.91 bits per heavy atom. The summed E-state index contributed by atoms with van der Waals surface area (Å²) in [6.45, 7) is 4.21. The Bertz CT molecular complexity index is 1290. The van der Waals surface area contributed by atoms with Gasteiger partial charge in [0.25, 0.3) is 5.69 Å². The van der Waals surface area contributed by atoms with Gasteiger partial charge in [0.05, 0.1) is 10.6 Å². The summed E-state index contributed by atoms with van der Waals surface area (Å²) in [5.74, 6) is 0.536. The Kier molecular flexibility index (Phi) is 4.78. The van der Waals surface area contributed by atoms with Gasteiger partial charge in [0.1, 0.15) is 0 Å². The van der Waals surface area contributed by atoms with E-state index in [-0.39, 0.29) is 22.8 Å². The van der Waals surface area contributed by atoms with Crippen molar-refractivity contribution in [3.63, 3.8) is 0 Å². The van der Waals surface area contributed by atoms with E-state index in [2.05, 4.69) is 45.3 Å². The van der Waals surface area contributed by atoms with E-state index >= 15 is 0 Å². The molecule has 0 saturated carbocycles. The van der Waals surface area contributed by atoms with Crippen molar-refractivity contribution in [3.05, 3.63) is 85.5 Å². The summed E-state index contributed by atoms with van der Waals surface area (Å²) in [5.41, 5.74) is 4.99. The summed E-state index contributed by atoms with van der Waals surface area (Å²) in [6.07, 6.45) is 1.25. The number of aromatic amines is 1. The van der Waals surface area contributed by atoms with Crippen LogP contribution in [0.2, 0.25) is 0 Å². The SMILES string of the molecule is CC1(C)CC(=O)C2=C(C1)Nc1n[nH]c(-c3ccc([N+](=O)[O-])cc3)c1C2c1cccc(Br)c1. The molecule has 0 spiro atoms. The fourth-order valence-electron chi connectivity index (χ4n) is 4.78. The van der Waals surface area contributed by atoms with Crippen molar-refractivity contribution >= 4 is 33.2 Å². The number of benzene rings is 2. The Balaban J connectivity index is 1.71. The number of carbonyl (C=O) groups is 1. The molecule has 8 heteroatoms. The zero-order chi connectivity index (χ0) is 22.6. The smallest absolute Gasteiger partial charge is 0.269 e. The topological polar surface area (TPSA) is 101 Å². The van der Waals surface area contributed by atoms with Crippen LogP contribution in [0.4, 0.5) is 11.5 Å². The van der Waals surface area contributed by atoms with Gasteiger partial charge in [-0.2, -0.15) is 5.10 Å². The maximum absolute atomic E-state index is 13.4. The van der Waals surface area contributed by atoms with E-state index < -0.39 is 4.92 Å². The number of nitro benzene ring substituents is 1. The Morgan fingerprint density at radius 3 is 2.59 bits per heavy atom. The first kappa shape index (κ1) is 20.6. The second kappa shape index (κ2) is 7.41. The molecule has 2 N–H and O–H groups in total. The van der Waals surface area contributed by atoms with Crippen molar-refractivity contribution in [1.82, 2.24) is 10.2 Å². The monoisotopic (exact) mass is 492 g/mol. The minimum absolute atomic E-state index is 0.0264. The van der Waals surface area contributed by atoms with Crippen molar-refractivity contribution in [2.24, 2.45) is 5.41 Å². The molecular formula is C24H21BrN4O3. The first-order chi connectivity index (χ1) is 15.2. The van der Waals surface area contributed by atoms with Crippen LogP contribution in [0.1, 0.15) is 43.7 Å². The van der Waals surface area contributed by atoms with Gasteiger partial charge in [-0.25, -0.2) is 0 Å². The lowest BCUT2D eigenvalue weighted by atomic mass is 9.69. The molecule has 1 atom stereocenters. The number of hydrogen-bond acceptors (Lipinski definition) is 5. The Labute approximate surface area is 193 Å². The second-order valence-corrected chi connectivity index (χ2v) is 10.0. The number of non-ortho nitro benzene ring substituents is 1. The number of H-pyrrole nitrogens is 1. The fraction of sp³-hybridized carbons (Fsp3) is 0.250. The third-order valence-electron chi connectivity index (χ3n) is 6.12. The van der Waals surface area contributed by atoms with Gasteiger partial charge < -0.3 is 5.32 Å². The zero-order valence-electron chi connectivity index (χ0n) is 17.6. The van der Waals surface area contributed by atoms with Crippen LogP contribution in [-0.4, -0.2) is 20.9 Å². The standard InChI is InChI=1S/C24H21BrN4O3/c1-24(2)11-17-20(18(30)12-24)19(14-4-3-5-15(25)10-14)21-22(27-28-23(21)26-17)13-6-8-16(9-7-13)29(31)32/h3-10,19H,11-12H2,1-2H3,(H2,26,27,28). The molecule has 2 heterocycles. The molecule has 3 aromatic rings. The summed E-state index contributed by atoms with van der Waals surface area (Å²) in [4.78, 5) is 24.1. The Hall–Kier alpha value is -3.26. The number of halogens is 1. The minimum atomic E-state index is -0.419. The van der Waals surface area contributed by atoms with E-state index in [0.29, 0.717) is 12.2 Å². The normalized spacial score (nSPS) is 19.2. The molecule has 5 rings (SSSR count). The van der Waals surface area contributed by atoms with Crippen molar-refractivity contribution in [1.29, 1.82) is 0 Å². The van der Waals surface area contributed by atoms with Crippen molar-refractivity contribution in [2.75, 3.05) is 5.32 Å². The van der Waals surface area contributed by atoms with Crippen LogP contribution in [0.3, 0.4) is 0 Å². The number of carbonyl (C=O) groups excluding carboxylic acids is 1. The molecule has 2 aliphatic rings. The van der Waals surface area contributed by atoms with Gasteiger partial charge in [0.15, 0.2) is 11.6 Å². The van der Waals surface area contributed by atoms with Gasteiger partial charge in [0.2, 0.25) is 0 Å². The minimum Gasteiger partial charge on any atom is -0.342 e. The molecule has 0 bridgehead atoms. The quantitative estimate of drug-likeness (QED) is 0.347. The van der Waals surface area contributed by atoms with E-state index in [4.69, 9.17) is 0 Å². The molecule has 1 aliphatic heterocycles. The highest BCUT2D eigenvalue weighted by molar-refractivity contribution is 9.10. The highest BCUT2D eigenvalue weighted by Gasteiger charge is 2.42. The van der Waals surface area contributed by atoms with Crippen LogP contribution in [-0.2, 0) is 4.79 Å². The lowest BCUT2D eigenvalue weighted by Gasteiger charge is -2.38.